The number of nitrogens with zero attached hydrogens (tertiary/aromatic N) is 1. The van der Waals surface area contributed by atoms with Crippen molar-refractivity contribution in [2.75, 3.05) is 5.75 Å². The molecule has 1 aliphatic carbocycles. The average Bonchev–Trinajstić information content (AvgIpc) is 2.29. The van der Waals surface area contributed by atoms with Crippen molar-refractivity contribution in [1.82, 2.24) is 4.47 Å². The van der Waals surface area contributed by atoms with Crippen molar-refractivity contribution >= 4 is 33.2 Å². The second kappa shape index (κ2) is 2.72. The van der Waals surface area contributed by atoms with Crippen LogP contribution in [0.4, 0.5) is 0 Å². The number of halogens is 2. The van der Waals surface area contributed by atoms with Gasteiger partial charge in [-0.15, -0.1) is 0 Å². The van der Waals surface area contributed by atoms with Gasteiger partial charge in [0.1, 0.15) is 0 Å². The molecule has 1 saturated carbocycles. The number of hydrogen-bond donors (Lipinski definition) is 0. The maximum atomic E-state index is 11.7. The first-order valence-corrected chi connectivity index (χ1v) is 7.60. The van der Waals surface area contributed by atoms with Gasteiger partial charge in [0.05, 0.1) is 11.3 Å². The highest BCUT2D eigenvalue weighted by atomic mass is 35.5. The lowest BCUT2D eigenvalue weighted by Gasteiger charge is -2.61. The number of sulfonamides is 1. The molecule has 0 aromatic carbocycles. The first kappa shape index (κ1) is 11.5. The van der Waals surface area contributed by atoms with E-state index in [1.165, 1.54) is 0 Å². The van der Waals surface area contributed by atoms with E-state index in [1.807, 2.05) is 13.8 Å². The first-order valence-electron chi connectivity index (χ1n) is 5.24. The number of rotatable bonds is 0. The van der Waals surface area contributed by atoms with Crippen molar-refractivity contribution in [3.05, 3.63) is 0 Å². The molecule has 92 valence electrons. The zero-order valence-electron chi connectivity index (χ0n) is 9.03. The third-order valence-electron chi connectivity index (χ3n) is 4.55. The van der Waals surface area contributed by atoms with E-state index >= 15 is 0 Å². The molecule has 0 radical (unpaired) electrons. The zero-order valence-corrected chi connectivity index (χ0v) is 11.4. The van der Waals surface area contributed by atoms with Crippen LogP contribution >= 0.6 is 23.2 Å². The van der Waals surface area contributed by atoms with E-state index < -0.39 is 20.1 Å². The fourth-order valence-corrected chi connectivity index (χ4v) is 6.77. The van der Waals surface area contributed by atoms with Crippen molar-refractivity contribution in [2.24, 2.45) is 11.3 Å². The van der Waals surface area contributed by atoms with Gasteiger partial charge in [-0.2, -0.15) is 0 Å². The Kier molecular flexibility index (Phi) is 1.96. The van der Waals surface area contributed by atoms with Gasteiger partial charge in [0.25, 0.3) is 0 Å². The van der Waals surface area contributed by atoms with Crippen LogP contribution < -0.4 is 0 Å². The molecule has 3 fully saturated rings. The Balaban J connectivity index is 2.15. The zero-order chi connectivity index (χ0) is 12.0. The summed E-state index contributed by atoms with van der Waals surface area (Å²) < 4.78 is 23.0. The van der Waals surface area contributed by atoms with Gasteiger partial charge >= 0.3 is 0 Å². The lowest BCUT2D eigenvalue weighted by Crippen LogP contribution is -2.76. The minimum Gasteiger partial charge on any atom is -0.244 e. The topological polar surface area (TPSA) is 46.6 Å². The third-order valence-corrected chi connectivity index (χ3v) is 6.99. The highest BCUT2D eigenvalue weighted by Gasteiger charge is 2.77. The van der Waals surface area contributed by atoms with Gasteiger partial charge in [-0.05, 0) is 18.3 Å². The monoisotopic (exact) mass is 285 g/mol. The summed E-state index contributed by atoms with van der Waals surface area (Å²) in [5.41, 5.74) is -0.677. The van der Waals surface area contributed by atoms with Gasteiger partial charge in [0, 0.05) is 5.92 Å². The lowest BCUT2D eigenvalue weighted by molar-refractivity contribution is -0.270. The van der Waals surface area contributed by atoms with Crippen LogP contribution in [0.15, 0.2) is 0 Å². The van der Waals surface area contributed by atoms with E-state index in [2.05, 4.69) is 0 Å². The fourth-order valence-electron chi connectivity index (χ4n) is 3.49. The first-order chi connectivity index (χ1) is 7.14. The lowest BCUT2D eigenvalue weighted by atomic mass is 9.70. The predicted octanol–water partition coefficient (Wildman–Crippen LogP) is 1.88. The van der Waals surface area contributed by atoms with E-state index in [9.17, 15) is 8.42 Å². The van der Waals surface area contributed by atoms with Crippen molar-refractivity contribution in [3.8, 4) is 0 Å². The molecule has 7 heteroatoms. The smallest absolute Gasteiger partial charge is 0.240 e. The molecule has 0 amide bonds. The molecule has 3 aliphatic rings. The van der Waals surface area contributed by atoms with Crippen LogP contribution in [0.25, 0.3) is 0 Å². The molecular formula is C9H13Cl2NO3S. The van der Waals surface area contributed by atoms with Crippen LogP contribution in [0.2, 0.25) is 0 Å². The van der Waals surface area contributed by atoms with E-state index in [-0.39, 0.29) is 17.1 Å². The van der Waals surface area contributed by atoms with Gasteiger partial charge in [-0.3, -0.25) is 0 Å². The highest BCUT2D eigenvalue weighted by molar-refractivity contribution is 7.90. The molecular weight excluding hydrogens is 273 g/mol. The molecule has 3 rings (SSSR count). The Morgan fingerprint density at radius 1 is 1.38 bits per heavy atom. The Labute approximate surface area is 105 Å². The molecule has 2 heterocycles. The van der Waals surface area contributed by atoms with Crippen molar-refractivity contribution < 1.29 is 13.3 Å². The van der Waals surface area contributed by atoms with E-state index in [0.29, 0.717) is 0 Å². The molecule has 1 spiro atoms. The Morgan fingerprint density at radius 3 is 2.56 bits per heavy atom. The van der Waals surface area contributed by atoms with Crippen LogP contribution in [-0.4, -0.2) is 28.7 Å². The number of hydrogen-bond acceptors (Lipinski definition) is 3. The number of fused-ring (bicyclic) bond motifs is 1. The standard InChI is InChI=1S/C9H13Cl2NO3S/c1-7(2)6-3-4-8(7)5-16(13,14)12(8)15-9(6,10)11/h6H,3-5H2,1-2H3/t6-,8-/m1/s1. The molecule has 2 bridgehead atoms. The maximum Gasteiger partial charge on any atom is 0.240 e. The molecule has 0 N–H and O–H groups in total. The normalized spacial score (nSPS) is 47.1. The molecule has 0 aromatic heterocycles. The minimum atomic E-state index is -3.33. The molecule has 2 aliphatic heterocycles. The summed E-state index contributed by atoms with van der Waals surface area (Å²) in [4.78, 5) is 5.28. The Hall–Kier alpha value is 0.450. The third kappa shape index (κ3) is 1.03. The summed E-state index contributed by atoms with van der Waals surface area (Å²) in [5, 5.41) is 0. The maximum absolute atomic E-state index is 11.7. The largest absolute Gasteiger partial charge is 0.244 e. The molecule has 16 heavy (non-hydrogen) atoms. The summed E-state index contributed by atoms with van der Waals surface area (Å²) in [6, 6.07) is 0. The van der Waals surface area contributed by atoms with Crippen molar-refractivity contribution in [2.45, 2.75) is 36.7 Å². The van der Waals surface area contributed by atoms with Gasteiger partial charge < -0.3 is 0 Å². The van der Waals surface area contributed by atoms with E-state index in [0.717, 1.165) is 17.3 Å². The number of hydroxylamine groups is 1. The summed E-state index contributed by atoms with van der Waals surface area (Å²) in [7, 11) is -3.33. The van der Waals surface area contributed by atoms with Gasteiger partial charge in [-0.1, -0.05) is 41.5 Å². The molecule has 2 saturated heterocycles. The van der Waals surface area contributed by atoms with Crippen molar-refractivity contribution in [1.29, 1.82) is 0 Å². The quantitative estimate of drug-likeness (QED) is 0.639. The highest BCUT2D eigenvalue weighted by Crippen LogP contribution is 2.68. The number of alkyl halides is 2. The molecule has 2 atom stereocenters. The van der Waals surface area contributed by atoms with Crippen LogP contribution in [0.1, 0.15) is 26.7 Å². The van der Waals surface area contributed by atoms with Gasteiger partial charge in [0.2, 0.25) is 14.5 Å². The Bertz CT molecular complexity index is 461. The van der Waals surface area contributed by atoms with Crippen LogP contribution in [0.5, 0.6) is 0 Å². The summed E-state index contributed by atoms with van der Waals surface area (Å²) in [6.45, 7) is 4.04. The Morgan fingerprint density at radius 2 is 2.00 bits per heavy atom. The minimum absolute atomic E-state index is 0.0323. The van der Waals surface area contributed by atoms with Gasteiger partial charge in [0.15, 0.2) is 0 Å². The predicted molar refractivity (Wildman–Crippen MR) is 60.4 cm³/mol. The fraction of sp³-hybridized carbons (Fsp3) is 1.00. The molecule has 0 aromatic rings. The van der Waals surface area contributed by atoms with E-state index in [4.69, 9.17) is 28.0 Å². The second-order valence-corrected chi connectivity index (χ2v) is 8.58. The molecule has 0 unspecified atom stereocenters. The summed E-state index contributed by atoms with van der Waals surface area (Å²) in [5.74, 6) is 0.114. The van der Waals surface area contributed by atoms with E-state index in [1.54, 1.807) is 0 Å². The SMILES string of the molecule is CC1(C)[C@H]2CC[C@@]13CS(=O)(=O)N3OC2(Cl)Cl. The van der Waals surface area contributed by atoms with Crippen LogP contribution in [0, 0.1) is 11.3 Å². The van der Waals surface area contributed by atoms with Crippen molar-refractivity contribution in [3.63, 3.8) is 0 Å². The second-order valence-electron chi connectivity index (χ2n) is 5.48. The van der Waals surface area contributed by atoms with Crippen LogP contribution in [0.3, 0.4) is 0 Å². The average molecular weight is 286 g/mol. The molecule has 4 nitrogen and oxygen atoms in total. The summed E-state index contributed by atoms with van der Waals surface area (Å²) in [6.07, 6.45) is 1.57. The van der Waals surface area contributed by atoms with Crippen LogP contribution in [-0.2, 0) is 14.9 Å². The summed E-state index contributed by atoms with van der Waals surface area (Å²) >= 11 is 12.2. The van der Waals surface area contributed by atoms with Gasteiger partial charge in [-0.25, -0.2) is 13.3 Å².